The van der Waals surface area contributed by atoms with Gasteiger partial charge in [-0.2, -0.15) is 13.2 Å². The van der Waals surface area contributed by atoms with Crippen molar-refractivity contribution >= 4 is 5.97 Å². The monoisotopic (exact) mass is 300 g/mol. The van der Waals surface area contributed by atoms with E-state index in [0.29, 0.717) is 13.0 Å². The van der Waals surface area contributed by atoms with Gasteiger partial charge in [-0.05, 0) is 48.9 Å². The molecule has 3 atom stereocenters. The first kappa shape index (κ1) is 15.8. The molecule has 0 amide bonds. The molecule has 1 N–H and O–H groups in total. The molecule has 0 spiro atoms. The molecule has 1 aliphatic heterocycles. The molecular formula is C15H17F3NO2-. The summed E-state index contributed by atoms with van der Waals surface area (Å²) < 4.78 is 37.6. The molecule has 0 aromatic heterocycles. The van der Waals surface area contributed by atoms with Crippen molar-refractivity contribution in [3.63, 3.8) is 0 Å². The number of aliphatic carboxylic acids is 1. The highest BCUT2D eigenvalue weighted by molar-refractivity contribution is 5.67. The Morgan fingerprint density at radius 3 is 2.48 bits per heavy atom. The van der Waals surface area contributed by atoms with Crippen molar-refractivity contribution in [3.05, 3.63) is 35.4 Å². The molecule has 0 bridgehead atoms. The highest BCUT2D eigenvalue weighted by Gasteiger charge is 2.31. The maximum Gasteiger partial charge on any atom is 0.416 e. The van der Waals surface area contributed by atoms with Crippen LogP contribution in [0.4, 0.5) is 13.2 Å². The van der Waals surface area contributed by atoms with Gasteiger partial charge in [-0.1, -0.05) is 19.1 Å². The summed E-state index contributed by atoms with van der Waals surface area (Å²) in [6.45, 7) is 2.27. The highest BCUT2D eigenvalue weighted by atomic mass is 19.4. The number of nitrogens with one attached hydrogen (secondary N) is 1. The molecule has 116 valence electrons. The second-order valence-corrected chi connectivity index (χ2v) is 5.52. The van der Waals surface area contributed by atoms with E-state index in [0.717, 1.165) is 24.1 Å². The zero-order valence-electron chi connectivity index (χ0n) is 11.6. The Morgan fingerprint density at radius 2 is 1.95 bits per heavy atom. The summed E-state index contributed by atoms with van der Waals surface area (Å²) in [5.74, 6) is -1.65. The maximum absolute atomic E-state index is 12.5. The van der Waals surface area contributed by atoms with Gasteiger partial charge in [0.05, 0.1) is 5.56 Å². The number of hydrogen-bond donors (Lipinski definition) is 1. The van der Waals surface area contributed by atoms with Crippen molar-refractivity contribution in [2.75, 3.05) is 6.54 Å². The van der Waals surface area contributed by atoms with Gasteiger partial charge in [0.25, 0.3) is 0 Å². The number of carboxylic acids is 1. The fourth-order valence-electron chi connectivity index (χ4n) is 2.75. The first-order valence-corrected chi connectivity index (χ1v) is 6.90. The summed E-state index contributed by atoms with van der Waals surface area (Å²) in [5.41, 5.74) is 0.0694. The van der Waals surface area contributed by atoms with E-state index in [1.54, 1.807) is 6.92 Å². The molecule has 6 heteroatoms. The van der Waals surface area contributed by atoms with Crippen molar-refractivity contribution < 1.29 is 23.1 Å². The summed E-state index contributed by atoms with van der Waals surface area (Å²) in [7, 11) is 0. The van der Waals surface area contributed by atoms with Crippen LogP contribution >= 0.6 is 0 Å². The van der Waals surface area contributed by atoms with Gasteiger partial charge in [0.1, 0.15) is 0 Å². The standard InChI is InChI=1S/C15H18F3NO2/c1-9(14(20)21)11-6-7-19-13(8-11)10-2-4-12(5-3-10)15(16,17)18/h2-5,9,11,13,19H,6-8H2,1H3,(H,20,21)/p-1/t9?,11-,13+/m1/s1. The number of piperidine rings is 1. The summed E-state index contributed by atoms with van der Waals surface area (Å²) in [6.07, 6.45) is -3.03. The lowest BCUT2D eigenvalue weighted by molar-refractivity contribution is -0.313. The van der Waals surface area contributed by atoms with E-state index in [4.69, 9.17) is 0 Å². The fraction of sp³-hybridized carbons (Fsp3) is 0.533. The highest BCUT2D eigenvalue weighted by Crippen LogP contribution is 2.34. The zero-order chi connectivity index (χ0) is 15.6. The Kier molecular flexibility index (Phi) is 4.56. The van der Waals surface area contributed by atoms with Gasteiger partial charge in [-0.3, -0.25) is 0 Å². The van der Waals surface area contributed by atoms with E-state index in [9.17, 15) is 23.1 Å². The molecular weight excluding hydrogens is 283 g/mol. The minimum Gasteiger partial charge on any atom is -0.550 e. The van der Waals surface area contributed by atoms with Crippen LogP contribution in [-0.4, -0.2) is 12.5 Å². The van der Waals surface area contributed by atoms with Gasteiger partial charge >= 0.3 is 6.18 Å². The number of carboxylic acid groups (broad SMARTS) is 1. The van der Waals surface area contributed by atoms with Crippen LogP contribution in [-0.2, 0) is 11.0 Å². The number of benzene rings is 1. The molecule has 3 nitrogen and oxygen atoms in total. The predicted molar refractivity (Wildman–Crippen MR) is 69.1 cm³/mol. The molecule has 1 unspecified atom stereocenters. The molecule has 1 heterocycles. The average Bonchev–Trinajstić information content (AvgIpc) is 2.46. The molecule has 2 rings (SSSR count). The summed E-state index contributed by atoms with van der Waals surface area (Å²) in [5, 5.41) is 14.2. The summed E-state index contributed by atoms with van der Waals surface area (Å²) in [6, 6.07) is 4.90. The van der Waals surface area contributed by atoms with Crippen LogP contribution in [0.15, 0.2) is 24.3 Å². The Balaban J connectivity index is 2.09. The molecule has 21 heavy (non-hydrogen) atoms. The van der Waals surface area contributed by atoms with Crippen molar-refractivity contribution in [3.8, 4) is 0 Å². The van der Waals surface area contributed by atoms with E-state index in [-0.39, 0.29) is 12.0 Å². The number of alkyl halides is 3. The average molecular weight is 300 g/mol. The Labute approximate surface area is 121 Å². The van der Waals surface area contributed by atoms with Crippen LogP contribution in [0, 0.1) is 11.8 Å². The van der Waals surface area contributed by atoms with Crippen LogP contribution in [0.25, 0.3) is 0 Å². The quantitative estimate of drug-likeness (QED) is 0.930. The normalized spacial score (nSPS) is 24.6. The lowest BCUT2D eigenvalue weighted by atomic mass is 9.81. The third kappa shape index (κ3) is 3.75. The van der Waals surface area contributed by atoms with Gasteiger partial charge in [0.15, 0.2) is 0 Å². The number of halogens is 3. The minimum atomic E-state index is -4.34. The van der Waals surface area contributed by atoms with E-state index >= 15 is 0 Å². The third-order valence-electron chi connectivity index (χ3n) is 4.16. The predicted octanol–water partition coefficient (Wildman–Crippen LogP) is 2.13. The van der Waals surface area contributed by atoms with E-state index in [1.165, 1.54) is 12.1 Å². The van der Waals surface area contributed by atoms with E-state index in [1.807, 2.05) is 0 Å². The Morgan fingerprint density at radius 1 is 1.33 bits per heavy atom. The summed E-state index contributed by atoms with van der Waals surface area (Å²) >= 11 is 0. The summed E-state index contributed by atoms with van der Waals surface area (Å²) in [4.78, 5) is 10.9. The van der Waals surface area contributed by atoms with Crippen LogP contribution in [0.5, 0.6) is 0 Å². The van der Waals surface area contributed by atoms with Crippen LogP contribution < -0.4 is 10.4 Å². The van der Waals surface area contributed by atoms with Crippen LogP contribution in [0.3, 0.4) is 0 Å². The Hall–Kier alpha value is -1.56. The second-order valence-electron chi connectivity index (χ2n) is 5.52. The van der Waals surface area contributed by atoms with Crippen molar-refractivity contribution in [2.24, 2.45) is 11.8 Å². The van der Waals surface area contributed by atoms with Crippen LogP contribution in [0.1, 0.15) is 36.9 Å². The lowest BCUT2D eigenvalue weighted by Gasteiger charge is -2.34. The van der Waals surface area contributed by atoms with Crippen molar-refractivity contribution in [1.82, 2.24) is 5.32 Å². The molecule has 1 saturated heterocycles. The number of carbonyl (C=O) groups excluding carboxylic acids is 1. The van der Waals surface area contributed by atoms with E-state index in [2.05, 4.69) is 5.32 Å². The van der Waals surface area contributed by atoms with Gasteiger partial charge in [-0.25, -0.2) is 0 Å². The third-order valence-corrected chi connectivity index (χ3v) is 4.16. The minimum absolute atomic E-state index is 0.0245. The van der Waals surface area contributed by atoms with Gasteiger partial charge in [0, 0.05) is 12.0 Å². The Bertz CT molecular complexity index is 499. The molecule has 1 aromatic rings. The second kappa shape index (κ2) is 6.05. The molecule has 1 aliphatic rings. The zero-order valence-corrected chi connectivity index (χ0v) is 11.6. The van der Waals surface area contributed by atoms with Crippen LogP contribution in [0.2, 0.25) is 0 Å². The number of carbonyl (C=O) groups is 1. The lowest BCUT2D eigenvalue weighted by Crippen LogP contribution is -2.40. The molecule has 0 saturated carbocycles. The molecule has 1 fully saturated rings. The first-order valence-electron chi connectivity index (χ1n) is 6.90. The van der Waals surface area contributed by atoms with Gasteiger partial charge in [-0.15, -0.1) is 0 Å². The maximum atomic E-state index is 12.5. The van der Waals surface area contributed by atoms with E-state index < -0.39 is 23.6 Å². The number of rotatable bonds is 3. The first-order chi connectivity index (χ1) is 9.79. The smallest absolute Gasteiger partial charge is 0.416 e. The van der Waals surface area contributed by atoms with Crippen molar-refractivity contribution in [1.29, 1.82) is 0 Å². The molecule has 0 radical (unpaired) electrons. The largest absolute Gasteiger partial charge is 0.550 e. The van der Waals surface area contributed by atoms with Gasteiger partial charge < -0.3 is 15.2 Å². The number of hydrogen-bond acceptors (Lipinski definition) is 3. The SMILES string of the molecule is CC(C(=O)[O-])[C@@H]1CCN[C@H](c2ccc(C(F)(F)F)cc2)C1. The van der Waals surface area contributed by atoms with Gasteiger partial charge in [0.2, 0.25) is 0 Å². The molecule has 0 aliphatic carbocycles. The molecule has 1 aromatic carbocycles. The van der Waals surface area contributed by atoms with Crippen molar-refractivity contribution in [2.45, 2.75) is 32.0 Å². The fourth-order valence-corrected chi connectivity index (χ4v) is 2.75. The topological polar surface area (TPSA) is 52.2 Å².